The van der Waals surface area contributed by atoms with Crippen molar-refractivity contribution in [1.29, 1.82) is 0 Å². The van der Waals surface area contributed by atoms with Crippen LogP contribution in [-0.2, 0) is 15.6 Å². The summed E-state index contributed by atoms with van der Waals surface area (Å²) in [7, 11) is -1.03. The maximum atomic E-state index is 12.1. The molecule has 2 atom stereocenters. The lowest BCUT2D eigenvalue weighted by Crippen LogP contribution is -2.31. The number of likely N-dealkylation sites (tertiary alicyclic amines) is 1. The van der Waals surface area contributed by atoms with E-state index in [1.54, 1.807) is 0 Å². The Bertz CT molecular complexity index is 492. The van der Waals surface area contributed by atoms with Crippen molar-refractivity contribution in [3.63, 3.8) is 0 Å². The monoisotopic (exact) mass is 358 g/mol. The second kappa shape index (κ2) is 7.33. The Kier molecular flexibility index (Phi) is 5.74. The van der Waals surface area contributed by atoms with Crippen LogP contribution in [0, 0.1) is 0 Å². The molecular formula is C14H19BrN2O2S. The topological polar surface area (TPSA) is 63.4 Å². The minimum Gasteiger partial charge on any atom is -0.341 e. The van der Waals surface area contributed by atoms with Gasteiger partial charge in [0.2, 0.25) is 5.91 Å². The molecule has 1 heterocycles. The van der Waals surface area contributed by atoms with Crippen molar-refractivity contribution in [2.75, 3.05) is 18.8 Å². The lowest BCUT2D eigenvalue weighted by molar-refractivity contribution is -0.130. The Balaban J connectivity index is 1.74. The Labute approximate surface area is 130 Å². The molecule has 1 unspecified atom stereocenters. The van der Waals surface area contributed by atoms with E-state index in [-0.39, 0.29) is 11.9 Å². The van der Waals surface area contributed by atoms with Gasteiger partial charge in [0.15, 0.2) is 0 Å². The molecule has 2 N–H and O–H groups in total. The maximum Gasteiger partial charge on any atom is 0.222 e. The number of amides is 1. The molecular weight excluding hydrogens is 340 g/mol. The van der Waals surface area contributed by atoms with E-state index < -0.39 is 10.8 Å². The van der Waals surface area contributed by atoms with E-state index in [0.29, 0.717) is 25.1 Å². The summed E-state index contributed by atoms with van der Waals surface area (Å²) < 4.78 is 13.0. The molecule has 0 spiro atoms. The van der Waals surface area contributed by atoms with Gasteiger partial charge in [-0.3, -0.25) is 9.00 Å². The molecule has 0 saturated carbocycles. The highest BCUT2D eigenvalue weighted by Crippen LogP contribution is 2.15. The van der Waals surface area contributed by atoms with Crippen LogP contribution in [-0.4, -0.2) is 39.9 Å². The lowest BCUT2D eigenvalue weighted by Gasteiger charge is -2.15. The molecule has 1 aliphatic heterocycles. The van der Waals surface area contributed by atoms with Crippen LogP contribution in [0.25, 0.3) is 0 Å². The molecule has 1 aliphatic rings. The smallest absolute Gasteiger partial charge is 0.222 e. The summed E-state index contributed by atoms with van der Waals surface area (Å²) in [6.07, 6.45) is 1.98. The Morgan fingerprint density at radius 1 is 1.40 bits per heavy atom. The van der Waals surface area contributed by atoms with Crippen LogP contribution < -0.4 is 5.73 Å². The molecule has 0 bridgehead atoms. The van der Waals surface area contributed by atoms with E-state index in [4.69, 9.17) is 5.73 Å². The summed E-state index contributed by atoms with van der Waals surface area (Å²) >= 11 is 3.35. The molecule has 1 amide bonds. The fraction of sp³-hybridized carbons (Fsp3) is 0.500. The highest BCUT2D eigenvalue weighted by molar-refractivity contribution is 9.10. The molecule has 20 heavy (non-hydrogen) atoms. The highest BCUT2D eigenvalue weighted by Gasteiger charge is 2.23. The third-order valence-corrected chi connectivity index (χ3v) is 5.36. The SMILES string of the molecule is N[C@@H]1CCN(C(=O)CCCS(=O)c2ccc(Br)cc2)C1. The van der Waals surface area contributed by atoms with Crippen molar-refractivity contribution in [2.45, 2.75) is 30.2 Å². The number of rotatable bonds is 5. The Morgan fingerprint density at radius 3 is 2.70 bits per heavy atom. The zero-order valence-corrected chi connectivity index (χ0v) is 13.7. The fourth-order valence-electron chi connectivity index (χ4n) is 2.23. The van der Waals surface area contributed by atoms with Crippen molar-refractivity contribution >= 4 is 32.6 Å². The first-order valence-electron chi connectivity index (χ1n) is 6.73. The van der Waals surface area contributed by atoms with Gasteiger partial charge in [0.25, 0.3) is 0 Å². The molecule has 110 valence electrons. The van der Waals surface area contributed by atoms with Gasteiger partial charge in [-0.2, -0.15) is 0 Å². The summed E-state index contributed by atoms with van der Waals surface area (Å²) in [4.78, 5) is 14.5. The van der Waals surface area contributed by atoms with Crippen LogP contribution >= 0.6 is 15.9 Å². The molecule has 0 radical (unpaired) electrons. The van der Waals surface area contributed by atoms with Crippen LogP contribution in [0.1, 0.15) is 19.3 Å². The van der Waals surface area contributed by atoms with Crippen molar-refractivity contribution in [3.05, 3.63) is 28.7 Å². The van der Waals surface area contributed by atoms with Gasteiger partial charge in [0.1, 0.15) is 0 Å². The summed E-state index contributed by atoms with van der Waals surface area (Å²) in [5.41, 5.74) is 5.78. The van der Waals surface area contributed by atoms with Gasteiger partial charge in [-0.15, -0.1) is 0 Å². The number of benzene rings is 1. The molecule has 1 saturated heterocycles. The number of nitrogens with two attached hydrogens (primary N) is 1. The van der Waals surface area contributed by atoms with E-state index >= 15 is 0 Å². The molecule has 0 aliphatic carbocycles. The highest BCUT2D eigenvalue weighted by atomic mass is 79.9. The normalized spacial score (nSPS) is 20.1. The third kappa shape index (κ3) is 4.40. The van der Waals surface area contributed by atoms with Crippen LogP contribution in [0.4, 0.5) is 0 Å². The molecule has 6 heteroatoms. The van der Waals surface area contributed by atoms with E-state index in [1.807, 2.05) is 29.2 Å². The van der Waals surface area contributed by atoms with Crippen molar-refractivity contribution < 1.29 is 9.00 Å². The number of halogens is 1. The summed E-state index contributed by atoms with van der Waals surface area (Å²) in [5, 5.41) is 0. The minimum absolute atomic E-state index is 0.121. The predicted octanol–water partition coefficient (Wildman–Crippen LogP) is 1.90. The van der Waals surface area contributed by atoms with Gasteiger partial charge in [-0.25, -0.2) is 0 Å². The zero-order valence-electron chi connectivity index (χ0n) is 11.3. The summed E-state index contributed by atoms with van der Waals surface area (Å²) in [5.74, 6) is 0.651. The van der Waals surface area contributed by atoms with Crippen molar-refractivity contribution in [1.82, 2.24) is 4.90 Å². The Hall–Kier alpha value is -0.720. The van der Waals surface area contributed by atoms with Crippen LogP contribution in [0.3, 0.4) is 0 Å². The summed E-state index contributed by atoms with van der Waals surface area (Å²) in [6.45, 7) is 1.42. The largest absolute Gasteiger partial charge is 0.341 e. The average molecular weight is 359 g/mol. The number of hydrogen-bond acceptors (Lipinski definition) is 3. The van der Waals surface area contributed by atoms with Gasteiger partial charge in [-0.1, -0.05) is 15.9 Å². The zero-order chi connectivity index (χ0) is 14.5. The number of nitrogens with zero attached hydrogens (tertiary/aromatic N) is 1. The van der Waals surface area contributed by atoms with E-state index in [1.165, 1.54) is 0 Å². The van der Waals surface area contributed by atoms with Crippen molar-refractivity contribution in [3.8, 4) is 0 Å². The quantitative estimate of drug-likeness (QED) is 0.873. The second-order valence-corrected chi connectivity index (χ2v) is 7.48. The first kappa shape index (κ1) is 15.7. The first-order chi connectivity index (χ1) is 9.56. The van der Waals surface area contributed by atoms with E-state index in [0.717, 1.165) is 22.3 Å². The van der Waals surface area contributed by atoms with Gasteiger partial charge in [0, 0.05) is 40.7 Å². The van der Waals surface area contributed by atoms with E-state index in [2.05, 4.69) is 15.9 Å². The van der Waals surface area contributed by atoms with Crippen LogP contribution in [0.2, 0.25) is 0 Å². The van der Waals surface area contributed by atoms with E-state index in [9.17, 15) is 9.00 Å². The summed E-state index contributed by atoms with van der Waals surface area (Å²) in [6, 6.07) is 7.58. The molecule has 2 rings (SSSR count). The van der Waals surface area contributed by atoms with Crippen LogP contribution in [0.5, 0.6) is 0 Å². The maximum absolute atomic E-state index is 12.1. The number of carbonyl (C=O) groups excluding carboxylic acids is 1. The van der Waals surface area contributed by atoms with Crippen molar-refractivity contribution in [2.24, 2.45) is 5.73 Å². The molecule has 1 aromatic rings. The lowest BCUT2D eigenvalue weighted by atomic mass is 10.3. The number of carbonyl (C=O) groups is 1. The average Bonchev–Trinajstić information content (AvgIpc) is 2.86. The van der Waals surface area contributed by atoms with Gasteiger partial charge in [-0.05, 0) is 37.1 Å². The Morgan fingerprint density at radius 2 is 2.10 bits per heavy atom. The molecule has 1 fully saturated rings. The molecule has 4 nitrogen and oxygen atoms in total. The first-order valence-corrected chi connectivity index (χ1v) is 8.85. The van der Waals surface area contributed by atoms with Gasteiger partial charge in [0.05, 0.1) is 10.8 Å². The predicted molar refractivity (Wildman–Crippen MR) is 83.8 cm³/mol. The molecule has 0 aromatic heterocycles. The fourth-order valence-corrected chi connectivity index (χ4v) is 3.58. The van der Waals surface area contributed by atoms with Gasteiger partial charge < -0.3 is 10.6 Å². The minimum atomic E-state index is -1.03. The third-order valence-electron chi connectivity index (χ3n) is 3.37. The second-order valence-electron chi connectivity index (χ2n) is 5.00. The standard InChI is InChI=1S/C14H19BrN2O2S/c15-11-3-5-13(6-4-11)20(19)9-1-2-14(18)17-8-7-12(16)10-17/h3-6,12H,1-2,7-10,16H2/t12-,20?/m1/s1. The number of hydrogen-bond donors (Lipinski definition) is 1. The van der Waals surface area contributed by atoms with Gasteiger partial charge >= 0.3 is 0 Å². The molecule has 1 aromatic carbocycles. The van der Waals surface area contributed by atoms with Crippen LogP contribution in [0.15, 0.2) is 33.6 Å².